The maximum absolute atomic E-state index is 9.29. The van der Waals surface area contributed by atoms with E-state index in [-0.39, 0.29) is 5.41 Å². The fraction of sp³-hybridized carbons (Fsp3) is 0.538. The first-order valence-corrected chi connectivity index (χ1v) is 5.39. The molecule has 0 heterocycles. The van der Waals surface area contributed by atoms with Crippen LogP contribution in [0.4, 0.5) is 0 Å². The number of hydrogen-bond donors (Lipinski definition) is 1. The van der Waals surface area contributed by atoms with E-state index >= 15 is 0 Å². The summed E-state index contributed by atoms with van der Waals surface area (Å²) in [6.45, 7) is 2.52. The van der Waals surface area contributed by atoms with Crippen LogP contribution in [0.1, 0.15) is 37.7 Å². The molecule has 1 fully saturated rings. The van der Waals surface area contributed by atoms with Crippen molar-refractivity contribution in [2.75, 3.05) is 6.61 Å². The van der Waals surface area contributed by atoms with Gasteiger partial charge in [-0.25, -0.2) is 0 Å². The summed E-state index contributed by atoms with van der Waals surface area (Å²) < 4.78 is 0. The second-order valence-corrected chi connectivity index (χ2v) is 4.82. The Bertz CT molecular complexity index is 293. The van der Waals surface area contributed by atoms with Crippen molar-refractivity contribution in [3.8, 4) is 0 Å². The lowest BCUT2D eigenvalue weighted by Crippen LogP contribution is -2.16. The molecule has 14 heavy (non-hydrogen) atoms. The molecule has 76 valence electrons. The lowest BCUT2D eigenvalue weighted by atomic mass is 9.87. The molecule has 1 aliphatic carbocycles. The molecule has 0 bridgehead atoms. The molecule has 1 aliphatic rings. The Kier molecular flexibility index (Phi) is 2.60. The maximum atomic E-state index is 9.29. The first-order chi connectivity index (χ1) is 6.73. The molecule has 1 aromatic rings. The van der Waals surface area contributed by atoms with Crippen LogP contribution < -0.4 is 0 Å². The third-order valence-electron chi connectivity index (χ3n) is 3.49. The smallest absolute Gasteiger partial charge is 0.0484 e. The van der Waals surface area contributed by atoms with Crippen molar-refractivity contribution >= 4 is 0 Å². The van der Waals surface area contributed by atoms with Gasteiger partial charge in [0.2, 0.25) is 0 Å². The summed E-state index contributed by atoms with van der Waals surface area (Å²) >= 11 is 0. The minimum Gasteiger partial charge on any atom is -0.396 e. The van der Waals surface area contributed by atoms with Gasteiger partial charge in [-0.3, -0.25) is 0 Å². The molecule has 0 amide bonds. The zero-order valence-corrected chi connectivity index (χ0v) is 8.74. The Morgan fingerprint density at radius 2 is 2.07 bits per heavy atom. The number of hydrogen-bond acceptors (Lipinski definition) is 1. The minimum absolute atomic E-state index is 0.167. The fourth-order valence-electron chi connectivity index (χ4n) is 2.48. The van der Waals surface area contributed by atoms with E-state index in [0.717, 1.165) is 12.8 Å². The van der Waals surface area contributed by atoms with E-state index in [9.17, 15) is 5.11 Å². The second kappa shape index (κ2) is 3.74. The average Bonchev–Trinajstić information content (AvgIpc) is 2.63. The second-order valence-electron chi connectivity index (χ2n) is 4.82. The Balaban J connectivity index is 2.10. The van der Waals surface area contributed by atoms with Gasteiger partial charge >= 0.3 is 0 Å². The summed E-state index contributed by atoms with van der Waals surface area (Å²) in [5.74, 6) is 0.661. The van der Waals surface area contributed by atoms with E-state index < -0.39 is 0 Å². The van der Waals surface area contributed by atoms with Crippen molar-refractivity contribution in [3.05, 3.63) is 35.9 Å². The Hall–Kier alpha value is -0.820. The molecule has 1 N–H and O–H groups in total. The third-order valence-corrected chi connectivity index (χ3v) is 3.49. The summed E-state index contributed by atoms with van der Waals surface area (Å²) in [5.41, 5.74) is 1.60. The topological polar surface area (TPSA) is 20.2 Å². The summed E-state index contributed by atoms with van der Waals surface area (Å²) in [6.07, 6.45) is 3.51. The van der Waals surface area contributed by atoms with Gasteiger partial charge in [0.25, 0.3) is 0 Å². The standard InChI is InChI=1S/C13H18O/c1-13(10-14)8-7-12(9-13)11-5-3-2-4-6-11/h2-6,12,14H,7-10H2,1H3. The van der Waals surface area contributed by atoms with Gasteiger partial charge in [-0.05, 0) is 36.2 Å². The van der Waals surface area contributed by atoms with Crippen molar-refractivity contribution in [2.24, 2.45) is 5.41 Å². The molecule has 0 saturated heterocycles. The van der Waals surface area contributed by atoms with E-state index in [2.05, 4.69) is 37.3 Å². The highest BCUT2D eigenvalue weighted by molar-refractivity contribution is 5.21. The molecule has 1 saturated carbocycles. The van der Waals surface area contributed by atoms with Crippen LogP contribution in [-0.4, -0.2) is 11.7 Å². The fourth-order valence-corrected chi connectivity index (χ4v) is 2.48. The average molecular weight is 190 g/mol. The highest BCUT2D eigenvalue weighted by Gasteiger charge is 2.34. The van der Waals surface area contributed by atoms with Crippen molar-refractivity contribution in [3.63, 3.8) is 0 Å². The molecule has 0 aliphatic heterocycles. The lowest BCUT2D eigenvalue weighted by molar-refractivity contribution is 0.147. The van der Waals surface area contributed by atoms with Gasteiger partial charge in [-0.15, -0.1) is 0 Å². The quantitative estimate of drug-likeness (QED) is 0.760. The predicted molar refractivity (Wildman–Crippen MR) is 58.2 cm³/mol. The van der Waals surface area contributed by atoms with Crippen molar-refractivity contribution in [1.29, 1.82) is 0 Å². The molecule has 0 radical (unpaired) electrons. The van der Waals surface area contributed by atoms with E-state index in [1.165, 1.54) is 12.0 Å². The summed E-state index contributed by atoms with van der Waals surface area (Å²) in [7, 11) is 0. The molecule has 1 nitrogen and oxygen atoms in total. The monoisotopic (exact) mass is 190 g/mol. The first kappa shape index (κ1) is 9.72. The normalized spacial score (nSPS) is 32.0. The van der Waals surface area contributed by atoms with Crippen molar-refractivity contribution in [1.82, 2.24) is 0 Å². The Morgan fingerprint density at radius 3 is 2.64 bits per heavy atom. The van der Waals surface area contributed by atoms with Crippen LogP contribution in [0.15, 0.2) is 30.3 Å². The van der Waals surface area contributed by atoms with Gasteiger partial charge in [0.05, 0.1) is 0 Å². The lowest BCUT2D eigenvalue weighted by Gasteiger charge is -2.20. The molecular formula is C13H18O. The zero-order valence-electron chi connectivity index (χ0n) is 8.74. The van der Waals surface area contributed by atoms with Gasteiger partial charge in [0, 0.05) is 6.61 Å². The van der Waals surface area contributed by atoms with Gasteiger partial charge in [0.15, 0.2) is 0 Å². The van der Waals surface area contributed by atoms with Crippen LogP contribution in [0.25, 0.3) is 0 Å². The van der Waals surface area contributed by atoms with E-state index in [1.54, 1.807) is 0 Å². The Morgan fingerprint density at radius 1 is 1.36 bits per heavy atom. The van der Waals surface area contributed by atoms with Crippen LogP contribution in [0.5, 0.6) is 0 Å². The molecule has 0 aromatic heterocycles. The molecular weight excluding hydrogens is 172 g/mol. The zero-order chi connectivity index (χ0) is 10.0. The molecule has 1 heteroatoms. The number of rotatable bonds is 2. The van der Waals surface area contributed by atoms with Gasteiger partial charge < -0.3 is 5.11 Å². The van der Waals surface area contributed by atoms with E-state index in [1.807, 2.05) is 0 Å². The van der Waals surface area contributed by atoms with Crippen molar-refractivity contribution < 1.29 is 5.11 Å². The number of benzene rings is 1. The van der Waals surface area contributed by atoms with Crippen LogP contribution in [0, 0.1) is 5.41 Å². The number of aliphatic hydroxyl groups excluding tert-OH is 1. The minimum atomic E-state index is 0.167. The van der Waals surface area contributed by atoms with Crippen molar-refractivity contribution in [2.45, 2.75) is 32.1 Å². The predicted octanol–water partition coefficient (Wildman–Crippen LogP) is 2.95. The molecule has 1 aromatic carbocycles. The van der Waals surface area contributed by atoms with Crippen LogP contribution >= 0.6 is 0 Å². The van der Waals surface area contributed by atoms with Gasteiger partial charge in [0.1, 0.15) is 0 Å². The molecule has 2 unspecified atom stereocenters. The summed E-state index contributed by atoms with van der Waals surface area (Å²) in [4.78, 5) is 0. The molecule has 2 atom stereocenters. The van der Waals surface area contributed by atoms with E-state index in [4.69, 9.17) is 0 Å². The van der Waals surface area contributed by atoms with Crippen LogP contribution in [0.2, 0.25) is 0 Å². The number of aliphatic hydroxyl groups is 1. The third kappa shape index (κ3) is 1.83. The van der Waals surface area contributed by atoms with E-state index in [0.29, 0.717) is 12.5 Å². The first-order valence-electron chi connectivity index (χ1n) is 5.39. The van der Waals surface area contributed by atoms with Crippen LogP contribution in [-0.2, 0) is 0 Å². The highest BCUT2D eigenvalue weighted by Crippen LogP contribution is 2.45. The molecule has 0 spiro atoms. The Labute approximate surface area is 85.8 Å². The van der Waals surface area contributed by atoms with Gasteiger partial charge in [-0.1, -0.05) is 37.3 Å². The summed E-state index contributed by atoms with van der Waals surface area (Å²) in [6, 6.07) is 10.7. The maximum Gasteiger partial charge on any atom is 0.0484 e. The highest BCUT2D eigenvalue weighted by atomic mass is 16.3. The summed E-state index contributed by atoms with van der Waals surface area (Å²) in [5, 5.41) is 9.29. The largest absolute Gasteiger partial charge is 0.396 e. The SMILES string of the molecule is CC1(CO)CCC(c2ccccc2)C1. The van der Waals surface area contributed by atoms with Crippen LogP contribution in [0.3, 0.4) is 0 Å². The molecule has 2 rings (SSSR count). The van der Waals surface area contributed by atoms with Gasteiger partial charge in [-0.2, -0.15) is 0 Å².